The first-order chi connectivity index (χ1) is 4.70. The fraction of sp³-hybridized carbons (Fsp3) is 0.875. The highest BCUT2D eigenvalue weighted by atomic mass is 16.3. The van der Waals surface area contributed by atoms with E-state index in [2.05, 4.69) is 20.4 Å². The van der Waals surface area contributed by atoms with Gasteiger partial charge in [-0.1, -0.05) is 20.3 Å². The molecule has 0 saturated carbocycles. The van der Waals surface area contributed by atoms with Gasteiger partial charge in [0.25, 0.3) is 0 Å². The number of aliphatic hydroxyl groups is 1. The van der Waals surface area contributed by atoms with Crippen LogP contribution in [0.1, 0.15) is 20.3 Å². The zero-order chi connectivity index (χ0) is 7.98. The van der Waals surface area contributed by atoms with Crippen molar-refractivity contribution in [2.75, 3.05) is 20.2 Å². The molecule has 0 bridgehead atoms. The number of likely N-dealkylation sites (N-methyl/N-ethyl adjacent to an activating group) is 1. The van der Waals surface area contributed by atoms with Crippen molar-refractivity contribution < 1.29 is 5.11 Å². The van der Waals surface area contributed by atoms with Crippen molar-refractivity contribution in [3.8, 4) is 0 Å². The van der Waals surface area contributed by atoms with E-state index >= 15 is 0 Å². The smallest absolute Gasteiger partial charge is 0.0558 e. The molecule has 1 atom stereocenters. The molecule has 0 heterocycles. The lowest BCUT2D eigenvalue weighted by Crippen LogP contribution is -2.22. The molecule has 0 aliphatic heterocycles. The van der Waals surface area contributed by atoms with Crippen LogP contribution in [-0.4, -0.2) is 30.2 Å². The number of hydrogen-bond acceptors (Lipinski definition) is 2. The molecule has 0 aromatic carbocycles. The molecule has 2 nitrogen and oxygen atoms in total. The van der Waals surface area contributed by atoms with Gasteiger partial charge < -0.3 is 5.11 Å². The summed E-state index contributed by atoms with van der Waals surface area (Å²) in [6.45, 7) is 7.46. The quantitative estimate of drug-likeness (QED) is 0.625. The van der Waals surface area contributed by atoms with Crippen LogP contribution in [0.3, 0.4) is 0 Å². The Labute approximate surface area is 63.8 Å². The minimum atomic E-state index is 0.240. The Balaban J connectivity index is 3.27. The summed E-state index contributed by atoms with van der Waals surface area (Å²) >= 11 is 0. The van der Waals surface area contributed by atoms with Crippen LogP contribution in [-0.2, 0) is 0 Å². The van der Waals surface area contributed by atoms with Gasteiger partial charge in [-0.3, -0.25) is 4.90 Å². The Morgan fingerprint density at radius 2 is 2.20 bits per heavy atom. The summed E-state index contributed by atoms with van der Waals surface area (Å²) in [4.78, 5) is 2.04. The summed E-state index contributed by atoms with van der Waals surface area (Å²) in [6.07, 6.45) is 1.16. The molecule has 2 heteroatoms. The van der Waals surface area contributed by atoms with E-state index in [4.69, 9.17) is 5.11 Å². The van der Waals surface area contributed by atoms with Crippen LogP contribution in [0.4, 0.5) is 0 Å². The number of nitrogens with zero attached hydrogens (tertiary/aromatic N) is 1. The molecular weight excluding hydrogens is 126 g/mol. The normalized spacial score (nSPS) is 14.1. The zero-order valence-electron chi connectivity index (χ0n) is 7.17. The second-order valence-electron chi connectivity index (χ2n) is 2.74. The maximum atomic E-state index is 8.56. The highest BCUT2D eigenvalue weighted by molar-refractivity contribution is 4.69. The van der Waals surface area contributed by atoms with Gasteiger partial charge in [-0.15, -0.1) is 0 Å². The highest BCUT2D eigenvalue weighted by Gasteiger charge is 2.02. The third kappa shape index (κ3) is 4.77. The van der Waals surface area contributed by atoms with Crippen LogP contribution in [0.2, 0.25) is 0 Å². The van der Waals surface area contributed by atoms with Gasteiger partial charge in [0.15, 0.2) is 0 Å². The van der Waals surface area contributed by atoms with Gasteiger partial charge in [0.05, 0.1) is 6.61 Å². The van der Waals surface area contributed by atoms with E-state index in [0.29, 0.717) is 5.92 Å². The topological polar surface area (TPSA) is 23.5 Å². The van der Waals surface area contributed by atoms with E-state index in [1.54, 1.807) is 0 Å². The Morgan fingerprint density at radius 3 is 2.60 bits per heavy atom. The molecule has 1 radical (unpaired) electrons. The fourth-order valence-electron chi connectivity index (χ4n) is 0.772. The molecule has 0 aliphatic carbocycles. The van der Waals surface area contributed by atoms with Crippen molar-refractivity contribution in [2.24, 2.45) is 5.92 Å². The van der Waals surface area contributed by atoms with Crippen LogP contribution in [0.25, 0.3) is 0 Å². The van der Waals surface area contributed by atoms with Gasteiger partial charge in [0.1, 0.15) is 0 Å². The van der Waals surface area contributed by atoms with Gasteiger partial charge in [0.2, 0.25) is 0 Å². The van der Waals surface area contributed by atoms with Crippen molar-refractivity contribution in [3.05, 3.63) is 6.54 Å². The van der Waals surface area contributed by atoms with E-state index < -0.39 is 0 Å². The van der Waals surface area contributed by atoms with Gasteiger partial charge in [0, 0.05) is 13.1 Å². The third-order valence-electron chi connectivity index (χ3n) is 1.61. The first kappa shape index (κ1) is 9.92. The maximum absolute atomic E-state index is 8.56. The van der Waals surface area contributed by atoms with Crippen LogP contribution in [0, 0.1) is 12.5 Å². The Bertz CT molecular complexity index is 75.7. The van der Waals surface area contributed by atoms with E-state index in [-0.39, 0.29) is 6.61 Å². The zero-order valence-corrected chi connectivity index (χ0v) is 7.17. The van der Waals surface area contributed by atoms with Crippen molar-refractivity contribution in [1.82, 2.24) is 4.90 Å². The monoisotopic (exact) mass is 144 g/mol. The fourth-order valence-corrected chi connectivity index (χ4v) is 0.772. The first-order valence-electron chi connectivity index (χ1n) is 3.86. The number of aliphatic hydroxyl groups excluding tert-OH is 1. The van der Waals surface area contributed by atoms with E-state index in [1.165, 1.54) is 0 Å². The van der Waals surface area contributed by atoms with Crippen LogP contribution in [0.5, 0.6) is 0 Å². The molecular formula is C8H18NO. The second-order valence-corrected chi connectivity index (χ2v) is 2.74. The van der Waals surface area contributed by atoms with E-state index in [9.17, 15) is 0 Å². The number of hydrogen-bond donors (Lipinski definition) is 1. The maximum Gasteiger partial charge on any atom is 0.0558 e. The molecule has 0 fully saturated rings. The lowest BCUT2D eigenvalue weighted by Gasteiger charge is -2.17. The van der Waals surface area contributed by atoms with Gasteiger partial charge >= 0.3 is 0 Å². The molecule has 0 spiro atoms. The van der Waals surface area contributed by atoms with Crippen molar-refractivity contribution >= 4 is 0 Å². The molecule has 0 rings (SSSR count). The second kappa shape index (κ2) is 5.69. The average Bonchev–Trinajstić information content (AvgIpc) is 1.88. The van der Waals surface area contributed by atoms with Crippen LogP contribution in [0.15, 0.2) is 0 Å². The van der Waals surface area contributed by atoms with Gasteiger partial charge in [-0.05, 0) is 13.0 Å². The largest absolute Gasteiger partial charge is 0.395 e. The molecule has 0 amide bonds. The van der Waals surface area contributed by atoms with Crippen molar-refractivity contribution in [2.45, 2.75) is 20.3 Å². The SMILES string of the molecule is CCC(C)[CH]N(C)CCO. The lowest BCUT2D eigenvalue weighted by molar-refractivity contribution is 0.232. The van der Waals surface area contributed by atoms with Crippen molar-refractivity contribution in [3.63, 3.8) is 0 Å². The summed E-state index contributed by atoms with van der Waals surface area (Å²) in [5.74, 6) is 0.622. The standard InChI is InChI=1S/C8H18NO/c1-4-8(2)7-9(3)5-6-10/h7-8,10H,4-6H2,1-3H3. The predicted octanol–water partition coefficient (Wildman–Crippen LogP) is 1.12. The Kier molecular flexibility index (Phi) is 5.64. The van der Waals surface area contributed by atoms with E-state index in [1.807, 2.05) is 11.9 Å². The Hall–Kier alpha value is -0.0800. The molecule has 0 aliphatic rings. The van der Waals surface area contributed by atoms with E-state index in [0.717, 1.165) is 13.0 Å². The van der Waals surface area contributed by atoms with Crippen LogP contribution < -0.4 is 0 Å². The molecule has 10 heavy (non-hydrogen) atoms. The average molecular weight is 144 g/mol. The molecule has 0 saturated heterocycles. The summed E-state index contributed by atoms with van der Waals surface area (Å²) in [7, 11) is 1.99. The van der Waals surface area contributed by atoms with Crippen LogP contribution >= 0.6 is 0 Å². The molecule has 61 valence electrons. The molecule has 0 aromatic heterocycles. The lowest BCUT2D eigenvalue weighted by atomic mass is 10.1. The molecule has 0 aromatic rings. The van der Waals surface area contributed by atoms with Gasteiger partial charge in [-0.2, -0.15) is 0 Å². The minimum absolute atomic E-state index is 0.240. The predicted molar refractivity (Wildman–Crippen MR) is 43.5 cm³/mol. The minimum Gasteiger partial charge on any atom is -0.395 e. The summed E-state index contributed by atoms with van der Waals surface area (Å²) < 4.78 is 0. The third-order valence-corrected chi connectivity index (χ3v) is 1.61. The van der Waals surface area contributed by atoms with Gasteiger partial charge in [-0.25, -0.2) is 0 Å². The summed E-state index contributed by atoms with van der Waals surface area (Å²) in [6, 6.07) is 0. The first-order valence-corrected chi connectivity index (χ1v) is 3.86. The molecule has 1 unspecified atom stereocenters. The molecule has 1 N–H and O–H groups in total. The highest BCUT2D eigenvalue weighted by Crippen LogP contribution is 2.06. The summed E-state index contributed by atoms with van der Waals surface area (Å²) in [5, 5.41) is 8.56. The summed E-state index contributed by atoms with van der Waals surface area (Å²) in [5.41, 5.74) is 0. The Morgan fingerprint density at radius 1 is 1.60 bits per heavy atom. The van der Waals surface area contributed by atoms with Crippen molar-refractivity contribution in [1.29, 1.82) is 0 Å². The number of rotatable bonds is 5.